The van der Waals surface area contributed by atoms with Gasteiger partial charge in [0.2, 0.25) is 0 Å². The van der Waals surface area contributed by atoms with Crippen molar-refractivity contribution < 1.29 is 18.8 Å². The number of rotatable bonds is 8. The van der Waals surface area contributed by atoms with Gasteiger partial charge in [-0.2, -0.15) is 0 Å². The highest BCUT2D eigenvalue weighted by atomic mass is 16.3. The number of phenolic OH excluding ortho intramolecular Hbond substituents is 1. The Kier molecular flexibility index (Phi) is 6.99. The van der Waals surface area contributed by atoms with Crippen LogP contribution in [-0.2, 0) is 5.41 Å². The molecule has 2 aromatic heterocycles. The van der Waals surface area contributed by atoms with Crippen molar-refractivity contribution in [2.45, 2.75) is 65.7 Å². The molecule has 0 bridgehead atoms. The molecule has 0 aliphatic heterocycles. The number of hydrogen-bond acceptors (Lipinski definition) is 3. The molecule has 0 aliphatic carbocycles. The minimum absolute atomic E-state index is 0.00481. The summed E-state index contributed by atoms with van der Waals surface area (Å²) >= 11 is 0. The van der Waals surface area contributed by atoms with Gasteiger partial charge < -0.3 is 5.11 Å². The predicted octanol–water partition coefficient (Wildman–Crippen LogP) is 14.0. The molecular formula is C52H49N3O. The van der Waals surface area contributed by atoms with Gasteiger partial charge in [-0.05, 0) is 116 Å². The Bertz CT molecular complexity index is 3190. The lowest BCUT2D eigenvalue weighted by molar-refractivity contribution is 0.477. The topological polar surface area (TPSA) is 50.9 Å². The summed E-state index contributed by atoms with van der Waals surface area (Å²) in [5.41, 5.74) is 7.49. The molecule has 0 radical (unpaired) electrons. The fraction of sp³-hybridized carbons (Fsp3) is 0.192. The van der Waals surface area contributed by atoms with Crippen LogP contribution >= 0.6 is 0 Å². The van der Waals surface area contributed by atoms with Crippen LogP contribution in [0.2, 0.25) is 0 Å². The van der Waals surface area contributed by atoms with Crippen LogP contribution in [0.1, 0.15) is 90.7 Å². The standard InChI is InChI=1S/C52H49N3O/c1-33(2)42-18-13-19-43(34(3)4)49(42)36-23-25-41(26-24-36)55-47-21-14-20-44(50(47)54-51(55)45-17-11-12-22-48(45)56)38-29-39(31-40(30-38)52(5,6)7)46-32-37(27-28-53-46)35-15-9-8-10-16-35/h8-34,56H,1-7H3/i8D,9D,10D,15D,16D,27D,28D,32D,33D,34D. The molecule has 8 aromatic rings. The van der Waals surface area contributed by atoms with E-state index in [2.05, 4.69) is 4.98 Å². The van der Waals surface area contributed by atoms with Crippen LogP contribution in [0.4, 0.5) is 0 Å². The van der Waals surface area contributed by atoms with E-state index in [0.717, 1.165) is 39.0 Å². The molecule has 8 rings (SSSR count). The Morgan fingerprint density at radius 1 is 0.661 bits per heavy atom. The lowest BCUT2D eigenvalue weighted by Gasteiger charge is -2.22. The average molecular weight is 742 g/mol. The van der Waals surface area contributed by atoms with Crippen molar-refractivity contribution in [1.29, 1.82) is 0 Å². The highest BCUT2D eigenvalue weighted by molar-refractivity contribution is 5.97. The van der Waals surface area contributed by atoms with Gasteiger partial charge in [0, 0.05) is 25.7 Å². The van der Waals surface area contributed by atoms with Crippen LogP contribution in [0, 0.1) is 0 Å². The first-order valence-electron chi connectivity index (χ1n) is 23.7. The van der Waals surface area contributed by atoms with Gasteiger partial charge in [0.1, 0.15) is 11.6 Å². The van der Waals surface area contributed by atoms with Gasteiger partial charge in [0.15, 0.2) is 0 Å². The van der Waals surface area contributed by atoms with Crippen molar-refractivity contribution in [2.24, 2.45) is 0 Å². The molecule has 0 amide bonds. The molecule has 278 valence electrons. The molecule has 0 spiro atoms. The smallest absolute Gasteiger partial charge is 0.149 e. The highest BCUT2D eigenvalue weighted by Gasteiger charge is 2.23. The molecule has 1 N–H and O–H groups in total. The van der Waals surface area contributed by atoms with Crippen molar-refractivity contribution in [1.82, 2.24) is 14.5 Å². The first kappa shape index (κ1) is 26.5. The predicted molar refractivity (Wildman–Crippen MR) is 235 cm³/mol. The molecule has 2 heterocycles. The second kappa shape index (κ2) is 14.8. The molecule has 0 saturated carbocycles. The second-order valence-corrected chi connectivity index (χ2v) is 15.5. The normalized spacial score (nSPS) is 14.8. The van der Waals surface area contributed by atoms with Crippen molar-refractivity contribution in [3.05, 3.63) is 168 Å². The second-order valence-electron chi connectivity index (χ2n) is 15.5. The van der Waals surface area contributed by atoms with Gasteiger partial charge in [-0.1, -0.05) is 139 Å². The third kappa shape index (κ3) is 6.92. The van der Waals surface area contributed by atoms with Crippen molar-refractivity contribution in [2.75, 3.05) is 0 Å². The van der Waals surface area contributed by atoms with Crippen LogP contribution in [0.15, 0.2) is 152 Å². The van der Waals surface area contributed by atoms with E-state index < -0.39 is 59.6 Å². The van der Waals surface area contributed by atoms with Gasteiger partial charge in [0.25, 0.3) is 0 Å². The quantitative estimate of drug-likeness (QED) is 0.169. The van der Waals surface area contributed by atoms with E-state index in [0.29, 0.717) is 33.6 Å². The van der Waals surface area contributed by atoms with Crippen molar-refractivity contribution >= 4 is 11.0 Å². The molecule has 0 atom stereocenters. The molecule has 4 heteroatoms. The van der Waals surface area contributed by atoms with Crippen LogP contribution in [0.5, 0.6) is 5.75 Å². The van der Waals surface area contributed by atoms with Gasteiger partial charge in [-0.3, -0.25) is 9.55 Å². The number of hydrogen-bond donors (Lipinski definition) is 1. The van der Waals surface area contributed by atoms with E-state index in [-0.39, 0.29) is 28.6 Å². The maximum Gasteiger partial charge on any atom is 0.149 e. The van der Waals surface area contributed by atoms with Crippen LogP contribution in [-0.4, -0.2) is 19.6 Å². The number of fused-ring (bicyclic) bond motifs is 1. The summed E-state index contributed by atoms with van der Waals surface area (Å²) in [7, 11) is 0. The third-order valence-electron chi connectivity index (χ3n) is 10.1. The Labute approximate surface area is 345 Å². The Morgan fingerprint density at radius 3 is 2.00 bits per heavy atom. The number of para-hydroxylation sites is 2. The van der Waals surface area contributed by atoms with Gasteiger partial charge in [-0.25, -0.2) is 4.98 Å². The van der Waals surface area contributed by atoms with Crippen molar-refractivity contribution in [3.8, 4) is 67.5 Å². The minimum Gasteiger partial charge on any atom is -0.507 e. The molecular weight excluding hydrogens is 683 g/mol. The van der Waals surface area contributed by atoms with E-state index in [1.165, 1.54) is 0 Å². The zero-order valence-electron chi connectivity index (χ0n) is 42.6. The molecule has 0 unspecified atom stereocenters. The number of aromatic hydroxyl groups is 1. The van der Waals surface area contributed by atoms with Gasteiger partial charge in [-0.15, -0.1) is 0 Å². The SMILES string of the molecule is [2H]c1nc(-c2cc(-c3cccc4c3nc(-c3ccccc3O)n4-c3ccc(-c4c(C([2H])(C)C)cccc4C([2H])(C)C)cc3)cc(C(C)(C)C)c2)c([2H])c(-c2c([2H])c([2H])c([2H])c([2H])c2[2H])c1[2H]. The Morgan fingerprint density at radius 2 is 1.32 bits per heavy atom. The molecule has 6 aromatic carbocycles. The summed E-state index contributed by atoms with van der Waals surface area (Å²) in [6, 6.07) is 28.4. The average Bonchev–Trinajstić information content (AvgIpc) is 3.66. The number of aromatic nitrogens is 3. The summed E-state index contributed by atoms with van der Waals surface area (Å²) in [6.07, 6.45) is -0.517. The molecule has 0 saturated heterocycles. The summed E-state index contributed by atoms with van der Waals surface area (Å²) in [6.45, 7) is 13.5. The number of benzene rings is 6. The van der Waals surface area contributed by atoms with E-state index in [1.807, 2.05) is 138 Å². The highest BCUT2D eigenvalue weighted by Crippen LogP contribution is 2.41. The Balaban J connectivity index is 1.37. The summed E-state index contributed by atoms with van der Waals surface area (Å²) in [5.74, 6) is -1.37. The van der Waals surface area contributed by atoms with Gasteiger partial charge in [0.05, 0.1) is 33.3 Å². The van der Waals surface area contributed by atoms with Crippen LogP contribution < -0.4 is 0 Å². The fourth-order valence-electron chi connectivity index (χ4n) is 7.22. The first-order chi connectivity index (χ1) is 30.9. The van der Waals surface area contributed by atoms with E-state index in [9.17, 15) is 6.48 Å². The lowest BCUT2D eigenvalue weighted by Crippen LogP contribution is -2.11. The summed E-state index contributed by atoms with van der Waals surface area (Å²) < 4.78 is 89.0. The molecule has 56 heavy (non-hydrogen) atoms. The Hall–Kier alpha value is -6.26. The van der Waals surface area contributed by atoms with Crippen LogP contribution in [0.25, 0.3) is 72.7 Å². The summed E-state index contributed by atoms with van der Waals surface area (Å²) in [5, 5.41) is 11.3. The minimum atomic E-state index is -0.937. The number of nitrogens with zero attached hydrogens (tertiary/aromatic N) is 3. The molecule has 0 fully saturated rings. The monoisotopic (exact) mass is 741 g/mol. The number of phenols is 1. The first-order valence-corrected chi connectivity index (χ1v) is 18.7. The van der Waals surface area contributed by atoms with Crippen LogP contribution in [0.3, 0.4) is 0 Å². The molecule has 4 nitrogen and oxygen atoms in total. The van der Waals surface area contributed by atoms with E-state index in [4.69, 9.17) is 17.3 Å². The van der Waals surface area contributed by atoms with Crippen molar-refractivity contribution in [3.63, 3.8) is 0 Å². The summed E-state index contributed by atoms with van der Waals surface area (Å²) in [4.78, 5) is 9.67. The number of imidazole rings is 1. The third-order valence-corrected chi connectivity index (χ3v) is 10.1. The zero-order valence-corrected chi connectivity index (χ0v) is 32.6. The zero-order chi connectivity index (χ0) is 47.9. The molecule has 0 aliphatic rings. The fourth-order valence-corrected chi connectivity index (χ4v) is 7.22. The largest absolute Gasteiger partial charge is 0.507 e. The number of pyridine rings is 1. The lowest BCUT2D eigenvalue weighted by atomic mass is 9.83. The maximum atomic E-state index is 11.3. The maximum absolute atomic E-state index is 11.3. The van der Waals surface area contributed by atoms with Gasteiger partial charge >= 0.3 is 0 Å². The van der Waals surface area contributed by atoms with E-state index in [1.54, 1.807) is 18.2 Å². The van der Waals surface area contributed by atoms with E-state index >= 15 is 0 Å².